The van der Waals surface area contributed by atoms with Crippen molar-refractivity contribution in [3.05, 3.63) is 71.2 Å². The Bertz CT molecular complexity index is 1120. The van der Waals surface area contributed by atoms with Crippen molar-refractivity contribution < 1.29 is 9.59 Å². The number of hydrogen-bond donors (Lipinski definition) is 1. The van der Waals surface area contributed by atoms with Crippen molar-refractivity contribution in [2.45, 2.75) is 11.7 Å². The largest absolute Gasteiger partial charge is 0.336 e. The Morgan fingerprint density at radius 1 is 1.16 bits per heavy atom. The van der Waals surface area contributed by atoms with Gasteiger partial charge in [0.2, 0.25) is 11.8 Å². The number of nitrogens with zero attached hydrogens (tertiary/aromatic N) is 4. The van der Waals surface area contributed by atoms with E-state index in [0.717, 1.165) is 5.56 Å². The summed E-state index contributed by atoms with van der Waals surface area (Å²) in [7, 11) is 1.57. The highest BCUT2D eigenvalue weighted by Gasteiger charge is 2.18. The summed E-state index contributed by atoms with van der Waals surface area (Å²) in [6.45, 7) is 4.17. The highest BCUT2D eigenvalue weighted by atomic mass is 35.5. The first kappa shape index (κ1) is 23.8. The number of amides is 2. The molecule has 10 heteroatoms. The fraction of sp³-hybridized carbons (Fsp3) is 0.182. The van der Waals surface area contributed by atoms with E-state index in [9.17, 15) is 9.59 Å². The quantitative estimate of drug-likeness (QED) is 0.350. The van der Waals surface area contributed by atoms with E-state index < -0.39 is 0 Å². The fourth-order valence-electron chi connectivity index (χ4n) is 2.79. The third-order valence-electron chi connectivity index (χ3n) is 4.41. The molecule has 0 atom stereocenters. The van der Waals surface area contributed by atoms with Gasteiger partial charge in [0.1, 0.15) is 0 Å². The summed E-state index contributed by atoms with van der Waals surface area (Å²) in [6, 6.07) is 14.2. The van der Waals surface area contributed by atoms with Crippen LogP contribution in [0, 0.1) is 0 Å². The predicted octanol–water partition coefficient (Wildman–Crippen LogP) is 4.63. The first-order valence-corrected chi connectivity index (χ1v) is 11.3. The van der Waals surface area contributed by atoms with Crippen molar-refractivity contribution in [2.24, 2.45) is 0 Å². The molecule has 0 aliphatic carbocycles. The zero-order chi connectivity index (χ0) is 23.1. The topological polar surface area (TPSA) is 80.1 Å². The smallest absolute Gasteiger partial charge is 0.244 e. The number of nitrogens with one attached hydrogen (secondary N) is 1. The van der Waals surface area contributed by atoms with Gasteiger partial charge in [-0.25, -0.2) is 0 Å². The minimum Gasteiger partial charge on any atom is -0.336 e. The SMILES string of the molecule is C=CCn1c(SCC(=O)N(C)CC(=O)Nc2ccccc2Cl)nnc1-c1ccc(Cl)cc1. The maximum Gasteiger partial charge on any atom is 0.244 e. The Morgan fingerprint density at radius 3 is 2.56 bits per heavy atom. The molecule has 0 aliphatic rings. The summed E-state index contributed by atoms with van der Waals surface area (Å²) in [4.78, 5) is 26.2. The molecule has 166 valence electrons. The maximum absolute atomic E-state index is 12.6. The molecular weight excluding hydrogens is 469 g/mol. The summed E-state index contributed by atoms with van der Waals surface area (Å²) in [6.07, 6.45) is 1.74. The zero-order valence-electron chi connectivity index (χ0n) is 17.3. The van der Waals surface area contributed by atoms with Gasteiger partial charge in [0.05, 0.1) is 23.0 Å². The van der Waals surface area contributed by atoms with Crippen LogP contribution in [0.2, 0.25) is 10.0 Å². The van der Waals surface area contributed by atoms with Crippen LogP contribution in [0.25, 0.3) is 11.4 Å². The molecule has 1 heterocycles. The molecule has 0 spiro atoms. The van der Waals surface area contributed by atoms with Crippen molar-refractivity contribution in [3.8, 4) is 11.4 Å². The first-order valence-electron chi connectivity index (χ1n) is 9.60. The first-order chi connectivity index (χ1) is 15.4. The molecule has 0 radical (unpaired) electrons. The van der Waals surface area contributed by atoms with E-state index in [1.54, 1.807) is 49.5 Å². The van der Waals surface area contributed by atoms with Gasteiger partial charge in [0, 0.05) is 24.2 Å². The molecule has 1 N–H and O–H groups in total. The zero-order valence-corrected chi connectivity index (χ0v) is 19.6. The van der Waals surface area contributed by atoms with E-state index in [0.29, 0.717) is 33.3 Å². The van der Waals surface area contributed by atoms with Gasteiger partial charge in [-0.15, -0.1) is 16.8 Å². The molecule has 0 fully saturated rings. The van der Waals surface area contributed by atoms with Crippen LogP contribution in [0.4, 0.5) is 5.69 Å². The number of para-hydroxylation sites is 1. The number of aromatic nitrogens is 3. The van der Waals surface area contributed by atoms with Gasteiger partial charge in [0.25, 0.3) is 0 Å². The monoisotopic (exact) mass is 489 g/mol. The minimum atomic E-state index is -0.334. The number of carbonyl (C=O) groups is 2. The molecule has 2 aromatic carbocycles. The van der Waals surface area contributed by atoms with Crippen LogP contribution in [0.1, 0.15) is 0 Å². The molecular formula is C22H21Cl2N5O2S. The fourth-order valence-corrected chi connectivity index (χ4v) is 3.99. The van der Waals surface area contributed by atoms with E-state index in [2.05, 4.69) is 22.1 Å². The molecule has 3 aromatic rings. The lowest BCUT2D eigenvalue weighted by Gasteiger charge is -2.17. The Hall–Kier alpha value is -2.81. The van der Waals surface area contributed by atoms with E-state index in [1.807, 2.05) is 16.7 Å². The second-order valence-electron chi connectivity index (χ2n) is 6.78. The molecule has 7 nitrogen and oxygen atoms in total. The van der Waals surface area contributed by atoms with Crippen molar-refractivity contribution >= 4 is 52.5 Å². The molecule has 0 bridgehead atoms. The van der Waals surface area contributed by atoms with Gasteiger partial charge < -0.3 is 10.2 Å². The van der Waals surface area contributed by atoms with Crippen molar-refractivity contribution in [1.29, 1.82) is 0 Å². The Labute approximate surface area is 200 Å². The Kier molecular flexibility index (Phi) is 8.33. The number of rotatable bonds is 9. The molecule has 0 unspecified atom stereocenters. The molecule has 0 saturated carbocycles. The molecule has 32 heavy (non-hydrogen) atoms. The number of halogens is 2. The number of thioether (sulfide) groups is 1. The third kappa shape index (κ3) is 6.12. The van der Waals surface area contributed by atoms with Crippen LogP contribution >= 0.6 is 35.0 Å². The van der Waals surface area contributed by atoms with E-state index in [-0.39, 0.29) is 24.1 Å². The summed E-state index contributed by atoms with van der Waals surface area (Å²) in [5, 5.41) is 12.8. The standard InChI is InChI=1S/C22H21Cl2N5O2S/c1-3-12-29-21(15-8-10-16(23)11-9-15)26-27-22(29)32-14-20(31)28(2)13-19(30)25-18-7-5-4-6-17(18)24/h3-11H,1,12-14H2,2H3,(H,25,30). The van der Waals surface area contributed by atoms with Gasteiger partial charge in [-0.3, -0.25) is 14.2 Å². The van der Waals surface area contributed by atoms with Crippen LogP contribution in [-0.2, 0) is 16.1 Å². The van der Waals surface area contributed by atoms with E-state index in [4.69, 9.17) is 23.2 Å². The van der Waals surface area contributed by atoms with Gasteiger partial charge in [-0.05, 0) is 36.4 Å². The second-order valence-corrected chi connectivity index (χ2v) is 8.56. The van der Waals surface area contributed by atoms with Crippen molar-refractivity contribution in [2.75, 3.05) is 24.7 Å². The summed E-state index contributed by atoms with van der Waals surface area (Å²) in [5.74, 6) is 0.208. The van der Waals surface area contributed by atoms with Gasteiger partial charge in [-0.1, -0.05) is 53.2 Å². The lowest BCUT2D eigenvalue weighted by Crippen LogP contribution is -2.36. The number of benzene rings is 2. The average Bonchev–Trinajstić information content (AvgIpc) is 3.17. The van der Waals surface area contributed by atoms with Crippen LogP contribution in [0.5, 0.6) is 0 Å². The normalized spacial score (nSPS) is 10.6. The van der Waals surface area contributed by atoms with Crippen LogP contribution in [0.15, 0.2) is 66.3 Å². The number of hydrogen-bond acceptors (Lipinski definition) is 5. The van der Waals surface area contributed by atoms with Crippen molar-refractivity contribution in [3.63, 3.8) is 0 Å². The molecule has 0 saturated heterocycles. The minimum absolute atomic E-state index is 0.0972. The highest BCUT2D eigenvalue weighted by molar-refractivity contribution is 7.99. The van der Waals surface area contributed by atoms with Crippen LogP contribution in [0.3, 0.4) is 0 Å². The van der Waals surface area contributed by atoms with E-state index >= 15 is 0 Å². The second kappa shape index (κ2) is 11.2. The molecule has 3 rings (SSSR count). The Balaban J connectivity index is 1.61. The summed E-state index contributed by atoms with van der Waals surface area (Å²) < 4.78 is 1.87. The van der Waals surface area contributed by atoms with Gasteiger partial charge >= 0.3 is 0 Å². The highest BCUT2D eigenvalue weighted by Crippen LogP contribution is 2.25. The molecule has 1 aromatic heterocycles. The summed E-state index contributed by atoms with van der Waals surface area (Å²) in [5.41, 5.74) is 1.36. The number of anilines is 1. The Morgan fingerprint density at radius 2 is 1.88 bits per heavy atom. The van der Waals surface area contributed by atoms with E-state index in [1.165, 1.54) is 16.7 Å². The predicted molar refractivity (Wildman–Crippen MR) is 129 cm³/mol. The lowest BCUT2D eigenvalue weighted by molar-refractivity contribution is -0.131. The van der Waals surface area contributed by atoms with Gasteiger partial charge in [-0.2, -0.15) is 0 Å². The maximum atomic E-state index is 12.6. The molecule has 2 amide bonds. The average molecular weight is 490 g/mol. The summed E-state index contributed by atoms with van der Waals surface area (Å²) >= 11 is 13.3. The number of likely N-dealkylation sites (N-methyl/N-ethyl adjacent to an activating group) is 1. The molecule has 0 aliphatic heterocycles. The van der Waals surface area contributed by atoms with Crippen LogP contribution < -0.4 is 5.32 Å². The van der Waals surface area contributed by atoms with Crippen molar-refractivity contribution in [1.82, 2.24) is 19.7 Å². The third-order valence-corrected chi connectivity index (χ3v) is 5.94. The number of carbonyl (C=O) groups excluding carboxylic acids is 2. The number of allylic oxidation sites excluding steroid dienone is 1. The van der Waals surface area contributed by atoms with Crippen LogP contribution in [-0.4, -0.2) is 50.8 Å². The lowest BCUT2D eigenvalue weighted by atomic mass is 10.2. The van der Waals surface area contributed by atoms with Gasteiger partial charge in [0.15, 0.2) is 11.0 Å².